The molecule has 0 spiro atoms. The maximum atomic E-state index is 15.7. The zero-order chi connectivity index (χ0) is 56.0. The van der Waals surface area contributed by atoms with E-state index in [0.717, 1.165) is 43.8 Å². The van der Waals surface area contributed by atoms with Crippen LogP contribution >= 0.6 is 7.94 Å². The Bertz CT molecular complexity index is 3050. The molecule has 6 aromatic carbocycles. The van der Waals surface area contributed by atoms with Crippen molar-refractivity contribution >= 4 is 40.6 Å². The molecule has 0 heterocycles. The SMILES string of the molecule is CC(C)C(C)(C)c1cc(C(C)(C)C(C)C)c2cc(-c3c(C(=O)c4ccccc4)ccc([P+](O)(O)O)c3-c3cc4c(C(C)(C)C(C)C)cc(C(C)(C)C(C)C)cc4cc3C(C)(C)C(C)C)c(C(C)(C)C(C)C)cc2c1. The van der Waals surface area contributed by atoms with E-state index in [0.29, 0.717) is 34.1 Å². The molecule has 0 saturated heterocycles. The minimum atomic E-state index is -4.82. The molecule has 4 nitrogen and oxygen atoms in total. The van der Waals surface area contributed by atoms with Gasteiger partial charge in [-0.25, -0.2) is 0 Å². The molecule has 0 atom stereocenters. The number of rotatable bonds is 17. The number of carbonyl (C=O) groups is 1. The summed E-state index contributed by atoms with van der Waals surface area (Å²) in [6, 6.07) is 31.8. The van der Waals surface area contributed by atoms with Gasteiger partial charge in [0.2, 0.25) is 0 Å². The van der Waals surface area contributed by atoms with Crippen molar-refractivity contribution in [3.05, 3.63) is 136 Å². The van der Waals surface area contributed by atoms with Crippen LogP contribution in [-0.2, 0) is 32.5 Å². The lowest BCUT2D eigenvalue weighted by Crippen LogP contribution is -2.29. The molecule has 6 aromatic rings. The number of fused-ring (bicyclic) bond motifs is 2. The molecule has 3 N–H and O–H groups in total. The first-order valence-corrected chi connectivity index (χ1v) is 29.5. The van der Waals surface area contributed by atoms with Gasteiger partial charge in [0.15, 0.2) is 11.1 Å². The first kappa shape index (κ1) is 59.1. The van der Waals surface area contributed by atoms with E-state index in [1.165, 1.54) is 22.3 Å². The van der Waals surface area contributed by atoms with Crippen LogP contribution in [0.3, 0.4) is 0 Å². The highest BCUT2D eigenvalue weighted by atomic mass is 31.2. The van der Waals surface area contributed by atoms with Crippen LogP contribution in [0.15, 0.2) is 91.0 Å². The summed E-state index contributed by atoms with van der Waals surface area (Å²) in [7, 11) is -4.82. The Hall–Kier alpha value is -4.18. The van der Waals surface area contributed by atoms with E-state index in [4.69, 9.17) is 0 Å². The van der Waals surface area contributed by atoms with Crippen LogP contribution in [0.5, 0.6) is 0 Å². The third-order valence-corrected chi connectivity index (χ3v) is 21.5. The summed E-state index contributed by atoms with van der Waals surface area (Å²) < 4.78 is 0. The average molecular weight is 1020 g/mol. The zero-order valence-corrected chi connectivity index (χ0v) is 51.2. The monoisotopic (exact) mass is 1020 g/mol. The van der Waals surface area contributed by atoms with E-state index in [2.05, 4.69) is 215 Å². The lowest BCUT2D eigenvalue weighted by molar-refractivity contribution is 0.103. The molecule has 6 rings (SSSR count). The van der Waals surface area contributed by atoms with Gasteiger partial charge in [0.1, 0.15) is 0 Å². The molecular weight excluding hydrogens is 924 g/mol. The topological polar surface area (TPSA) is 77.8 Å². The average Bonchev–Trinajstić information content (AvgIpc) is 3.31. The molecule has 5 heteroatoms. The lowest BCUT2D eigenvalue weighted by Gasteiger charge is -2.38. The maximum Gasteiger partial charge on any atom is 0.441 e. The summed E-state index contributed by atoms with van der Waals surface area (Å²) in [5.41, 5.74) is 9.05. The molecule has 0 fully saturated rings. The Kier molecular flexibility index (Phi) is 16.2. The Labute approximate surface area is 449 Å². The standard InChI is InChI=1S/C69H96O4P/c1-40(2)64(13,14)49-32-47-34-56(66(17,18)42(5)6)54(38-52(47)58(36-49)68(21,22)44(9)10)61-51(63(70)46-28-26-25-27-29-46)30-31-60(74(71,72)73)62(61)55-39-53-48(35-57(55)67(19,20)43(7)8)33-50(65(15,16)41(3)4)37-59(53)69(23,24)45(11)12/h25-45,71-73H,1-24H3/q+1. The summed E-state index contributed by atoms with van der Waals surface area (Å²) in [5.74, 6) is 1.42. The molecule has 0 aliphatic heterocycles. The number of ketones is 1. The minimum absolute atomic E-state index is 0.0321. The normalized spacial score (nSPS) is 13.9. The molecule has 0 bridgehead atoms. The summed E-state index contributed by atoms with van der Waals surface area (Å²) in [4.78, 5) is 52.0. The number of carbonyl (C=O) groups excluding carboxylic acids is 1. The smallest absolute Gasteiger partial charge is 0.289 e. The van der Waals surface area contributed by atoms with Crippen LogP contribution in [0.25, 0.3) is 43.8 Å². The van der Waals surface area contributed by atoms with Crippen LogP contribution in [0.4, 0.5) is 0 Å². The number of hydrogen-bond acceptors (Lipinski definition) is 4. The largest absolute Gasteiger partial charge is 0.441 e. The molecule has 0 unspecified atom stereocenters. The second-order valence-corrected chi connectivity index (χ2v) is 29.3. The summed E-state index contributed by atoms with van der Waals surface area (Å²) >= 11 is 0. The van der Waals surface area contributed by atoms with Gasteiger partial charge < -0.3 is 0 Å². The van der Waals surface area contributed by atoms with E-state index in [1.54, 1.807) is 12.1 Å². The van der Waals surface area contributed by atoms with Crippen molar-refractivity contribution in [2.45, 2.75) is 199 Å². The fourth-order valence-corrected chi connectivity index (χ4v) is 11.2. The van der Waals surface area contributed by atoms with Crippen LogP contribution in [0.2, 0.25) is 0 Å². The van der Waals surface area contributed by atoms with Gasteiger partial charge in [-0.3, -0.25) is 4.79 Å². The van der Waals surface area contributed by atoms with Crippen LogP contribution in [-0.4, -0.2) is 20.5 Å². The predicted octanol–water partition coefficient (Wildman–Crippen LogP) is 18.5. The van der Waals surface area contributed by atoms with Crippen molar-refractivity contribution in [3.8, 4) is 22.3 Å². The van der Waals surface area contributed by atoms with Gasteiger partial charge in [0.05, 0.1) is 0 Å². The van der Waals surface area contributed by atoms with Crippen LogP contribution in [0.1, 0.15) is 215 Å². The quantitative estimate of drug-likeness (QED) is 0.0628. The fraction of sp³-hybridized carbons (Fsp3) is 0.522. The molecule has 0 saturated carbocycles. The molecule has 0 amide bonds. The Morgan fingerprint density at radius 2 is 0.730 bits per heavy atom. The second kappa shape index (κ2) is 20.3. The molecule has 400 valence electrons. The molecule has 74 heavy (non-hydrogen) atoms. The first-order chi connectivity index (χ1) is 33.8. The van der Waals surface area contributed by atoms with E-state index in [9.17, 15) is 14.7 Å². The number of hydrogen-bond donors (Lipinski definition) is 3. The highest BCUT2D eigenvalue weighted by Crippen LogP contribution is 2.55. The fourth-order valence-electron chi connectivity index (χ4n) is 10.4. The van der Waals surface area contributed by atoms with Crippen LogP contribution < -0.4 is 5.30 Å². The molecule has 0 aromatic heterocycles. The Morgan fingerprint density at radius 3 is 1.07 bits per heavy atom. The van der Waals surface area contributed by atoms with Crippen molar-refractivity contribution in [3.63, 3.8) is 0 Å². The lowest BCUT2D eigenvalue weighted by atomic mass is 9.66. The van der Waals surface area contributed by atoms with E-state index in [-0.39, 0.29) is 56.4 Å². The van der Waals surface area contributed by atoms with Gasteiger partial charge in [-0.05, 0) is 170 Å². The van der Waals surface area contributed by atoms with Crippen molar-refractivity contribution < 1.29 is 19.5 Å². The summed E-state index contributed by atoms with van der Waals surface area (Å²) in [5, 5.41) is 4.47. The van der Waals surface area contributed by atoms with E-state index < -0.39 is 18.8 Å². The molecular formula is C69H96O4P+. The van der Waals surface area contributed by atoms with Gasteiger partial charge in [0, 0.05) is 22.3 Å². The Morgan fingerprint density at radius 1 is 0.392 bits per heavy atom. The van der Waals surface area contributed by atoms with Gasteiger partial charge >= 0.3 is 7.94 Å². The second-order valence-electron chi connectivity index (χ2n) is 27.7. The van der Waals surface area contributed by atoms with Gasteiger partial charge in [-0.15, -0.1) is 0 Å². The minimum Gasteiger partial charge on any atom is -0.289 e. The third kappa shape index (κ3) is 10.4. The van der Waals surface area contributed by atoms with Crippen LogP contribution in [0, 0.1) is 35.5 Å². The number of benzene rings is 6. The van der Waals surface area contributed by atoms with Gasteiger partial charge in [-0.2, -0.15) is 14.7 Å². The summed E-state index contributed by atoms with van der Waals surface area (Å²) in [6.07, 6.45) is 0. The zero-order valence-electron chi connectivity index (χ0n) is 50.3. The van der Waals surface area contributed by atoms with Crippen molar-refractivity contribution in [2.75, 3.05) is 0 Å². The van der Waals surface area contributed by atoms with Gasteiger partial charge in [-0.1, -0.05) is 221 Å². The Balaban J connectivity index is 2.05. The molecule has 0 radical (unpaired) electrons. The van der Waals surface area contributed by atoms with Crippen molar-refractivity contribution in [2.24, 2.45) is 35.5 Å². The highest BCUT2D eigenvalue weighted by Gasteiger charge is 2.44. The van der Waals surface area contributed by atoms with Crippen molar-refractivity contribution in [1.82, 2.24) is 0 Å². The molecule has 0 aliphatic rings. The van der Waals surface area contributed by atoms with E-state index in [1.807, 2.05) is 30.3 Å². The van der Waals surface area contributed by atoms with Crippen molar-refractivity contribution in [1.29, 1.82) is 0 Å². The molecule has 0 aliphatic carbocycles. The van der Waals surface area contributed by atoms with Gasteiger partial charge in [0.25, 0.3) is 0 Å². The maximum absolute atomic E-state index is 15.7. The van der Waals surface area contributed by atoms with E-state index >= 15 is 4.79 Å². The first-order valence-electron chi connectivity index (χ1n) is 27.9. The summed E-state index contributed by atoms with van der Waals surface area (Å²) in [6.45, 7) is 55.3. The highest BCUT2D eigenvalue weighted by molar-refractivity contribution is 7.67. The predicted molar refractivity (Wildman–Crippen MR) is 323 cm³/mol. The third-order valence-electron chi connectivity index (χ3n) is 20.4.